The summed E-state index contributed by atoms with van der Waals surface area (Å²) < 4.78 is 2.37. The molecule has 1 saturated heterocycles. The van der Waals surface area contributed by atoms with Crippen LogP contribution in [0.25, 0.3) is 0 Å². The number of benzene rings is 1. The molecule has 7 heteroatoms. The Morgan fingerprint density at radius 3 is 2.53 bits per heavy atom. The predicted molar refractivity (Wildman–Crippen MR) is 142 cm³/mol. The molecule has 2 aromatic heterocycles. The van der Waals surface area contributed by atoms with Crippen molar-refractivity contribution in [3.63, 3.8) is 0 Å². The molecule has 4 rings (SSSR count). The molecule has 1 fully saturated rings. The van der Waals surface area contributed by atoms with Gasteiger partial charge in [0.25, 0.3) is 0 Å². The van der Waals surface area contributed by atoms with Crippen LogP contribution >= 0.6 is 12.2 Å². The normalized spacial score (nSPS) is 17.9. The number of anilines is 2. The lowest BCUT2D eigenvalue weighted by atomic mass is 9.96. The maximum absolute atomic E-state index is 11.9. The zero-order chi connectivity index (χ0) is 24.6. The molecule has 2 N–H and O–H groups in total. The molecule has 1 aromatic carbocycles. The summed E-state index contributed by atoms with van der Waals surface area (Å²) in [7, 11) is 0. The van der Waals surface area contributed by atoms with Crippen molar-refractivity contribution in [3.8, 4) is 0 Å². The van der Waals surface area contributed by atoms with Crippen molar-refractivity contribution in [1.29, 1.82) is 0 Å². The lowest BCUT2D eigenvalue weighted by molar-refractivity contribution is -0.115. The molecule has 0 saturated carbocycles. The minimum atomic E-state index is -0.0883. The molecule has 34 heavy (non-hydrogen) atoms. The second-order valence-electron chi connectivity index (χ2n) is 9.19. The van der Waals surface area contributed by atoms with Crippen molar-refractivity contribution in [3.05, 3.63) is 76.9 Å². The topological polar surface area (TPSA) is 62.2 Å². The van der Waals surface area contributed by atoms with Crippen molar-refractivity contribution in [1.82, 2.24) is 14.9 Å². The van der Waals surface area contributed by atoms with Crippen molar-refractivity contribution in [2.45, 2.75) is 66.1 Å². The summed E-state index contributed by atoms with van der Waals surface area (Å²) in [6.45, 7) is 12.6. The van der Waals surface area contributed by atoms with Gasteiger partial charge in [-0.2, -0.15) is 0 Å². The first-order chi connectivity index (χ1) is 16.2. The fourth-order valence-electron chi connectivity index (χ4n) is 5.02. The summed E-state index contributed by atoms with van der Waals surface area (Å²) in [5, 5.41) is 7.19. The van der Waals surface area contributed by atoms with Crippen molar-refractivity contribution < 1.29 is 4.79 Å². The smallest absolute Gasteiger partial charge is 0.224 e. The highest BCUT2D eigenvalue weighted by Crippen LogP contribution is 2.44. The van der Waals surface area contributed by atoms with Gasteiger partial charge in [-0.15, -0.1) is 0 Å². The van der Waals surface area contributed by atoms with Crippen LogP contribution in [0.5, 0.6) is 0 Å². The fourth-order valence-corrected chi connectivity index (χ4v) is 5.37. The van der Waals surface area contributed by atoms with E-state index in [-0.39, 0.29) is 18.0 Å². The molecule has 0 bridgehead atoms. The molecule has 3 heterocycles. The number of rotatable bonds is 6. The van der Waals surface area contributed by atoms with E-state index in [9.17, 15) is 4.79 Å². The molecule has 178 valence electrons. The van der Waals surface area contributed by atoms with E-state index in [2.05, 4.69) is 64.9 Å². The van der Waals surface area contributed by atoms with E-state index < -0.39 is 0 Å². The molecular formula is C27H33N5OS. The van der Waals surface area contributed by atoms with Gasteiger partial charge < -0.3 is 20.1 Å². The highest BCUT2D eigenvalue weighted by molar-refractivity contribution is 7.80. The number of nitrogens with one attached hydrogen (secondary N) is 2. The molecule has 0 aliphatic carbocycles. The summed E-state index contributed by atoms with van der Waals surface area (Å²) in [5.41, 5.74) is 7.46. The second kappa shape index (κ2) is 9.58. The third kappa shape index (κ3) is 4.32. The van der Waals surface area contributed by atoms with Crippen molar-refractivity contribution in [2.75, 3.05) is 10.2 Å². The van der Waals surface area contributed by atoms with E-state index in [4.69, 9.17) is 12.2 Å². The zero-order valence-corrected chi connectivity index (χ0v) is 21.5. The third-order valence-electron chi connectivity index (χ3n) is 6.54. The van der Waals surface area contributed by atoms with Crippen LogP contribution in [0.2, 0.25) is 0 Å². The van der Waals surface area contributed by atoms with E-state index in [0.717, 1.165) is 22.6 Å². The minimum Gasteiger partial charge on any atom is -0.351 e. The van der Waals surface area contributed by atoms with E-state index in [1.807, 2.05) is 50.4 Å². The van der Waals surface area contributed by atoms with Crippen LogP contribution < -0.4 is 15.5 Å². The van der Waals surface area contributed by atoms with E-state index >= 15 is 0 Å². The number of hydrogen-bond acceptors (Lipinski definition) is 3. The van der Waals surface area contributed by atoms with Gasteiger partial charge >= 0.3 is 0 Å². The maximum atomic E-state index is 11.9. The Kier molecular flexibility index (Phi) is 6.75. The quantitative estimate of drug-likeness (QED) is 0.434. The lowest BCUT2D eigenvalue weighted by Crippen LogP contribution is -2.29. The van der Waals surface area contributed by atoms with Crippen LogP contribution in [-0.4, -0.2) is 20.6 Å². The lowest BCUT2D eigenvalue weighted by Gasteiger charge is -2.29. The van der Waals surface area contributed by atoms with Gasteiger partial charge in [0.05, 0.1) is 17.8 Å². The minimum absolute atomic E-state index is 0.00317. The first-order valence-corrected chi connectivity index (χ1v) is 12.2. The van der Waals surface area contributed by atoms with Gasteiger partial charge in [0.15, 0.2) is 5.11 Å². The summed E-state index contributed by atoms with van der Waals surface area (Å²) in [4.78, 5) is 18.8. The van der Waals surface area contributed by atoms with E-state index in [1.54, 1.807) is 0 Å². The summed E-state index contributed by atoms with van der Waals surface area (Å²) in [6.07, 6.45) is 2.27. The van der Waals surface area contributed by atoms with Crippen LogP contribution in [0.15, 0.2) is 48.7 Å². The highest BCUT2D eigenvalue weighted by atomic mass is 32.1. The van der Waals surface area contributed by atoms with Crippen LogP contribution in [0.4, 0.5) is 11.4 Å². The molecule has 3 aromatic rings. The Morgan fingerprint density at radius 2 is 1.94 bits per heavy atom. The SMILES string of the molecule is CCC(=O)Nc1ccc(N2C(=S)N[C@H](c3ccccn3)[C@H]2c2cc(C)n(C(C)C)c2C)cc1C. The molecule has 0 spiro atoms. The number of carbonyl (C=O) groups excluding carboxylic acids is 1. The van der Waals surface area contributed by atoms with Gasteiger partial charge in [0, 0.05) is 41.4 Å². The summed E-state index contributed by atoms with van der Waals surface area (Å²) in [6, 6.07) is 14.6. The molecule has 0 unspecified atom stereocenters. The largest absolute Gasteiger partial charge is 0.351 e. The number of aryl methyl sites for hydroxylation is 2. The van der Waals surface area contributed by atoms with Gasteiger partial charge in [0.2, 0.25) is 5.91 Å². The average Bonchev–Trinajstić information content (AvgIpc) is 3.30. The molecule has 2 atom stereocenters. The first-order valence-electron chi connectivity index (χ1n) is 11.8. The number of pyridine rings is 1. The molecular weight excluding hydrogens is 442 g/mol. The van der Waals surface area contributed by atoms with E-state index in [1.165, 1.54) is 17.0 Å². The Morgan fingerprint density at radius 1 is 1.18 bits per heavy atom. The Labute approximate surface area is 207 Å². The van der Waals surface area contributed by atoms with Gasteiger partial charge in [-0.25, -0.2) is 0 Å². The summed E-state index contributed by atoms with van der Waals surface area (Å²) in [5.74, 6) is 0.00317. The van der Waals surface area contributed by atoms with Crippen LogP contribution in [-0.2, 0) is 4.79 Å². The highest BCUT2D eigenvalue weighted by Gasteiger charge is 2.42. The van der Waals surface area contributed by atoms with Crippen LogP contribution in [0, 0.1) is 20.8 Å². The number of carbonyl (C=O) groups is 1. The molecule has 1 amide bonds. The van der Waals surface area contributed by atoms with Gasteiger partial charge in [-0.3, -0.25) is 9.78 Å². The monoisotopic (exact) mass is 475 g/mol. The predicted octanol–water partition coefficient (Wildman–Crippen LogP) is 5.91. The Bertz CT molecular complexity index is 1220. The second-order valence-corrected chi connectivity index (χ2v) is 9.57. The standard InChI is InChI=1S/C27H33N5OS/c1-7-24(33)29-22-12-11-20(14-17(22)4)32-26(21-15-18(5)31(16(2)3)19(21)6)25(30-27(32)34)23-10-8-9-13-28-23/h8-16,25-26H,7H2,1-6H3,(H,29,33)(H,30,34)/t25-,26-/m1/s1. The fraction of sp³-hybridized carbons (Fsp3) is 0.370. The molecule has 1 aliphatic heterocycles. The number of hydrogen-bond donors (Lipinski definition) is 2. The first kappa shape index (κ1) is 24.0. The summed E-state index contributed by atoms with van der Waals surface area (Å²) >= 11 is 5.89. The zero-order valence-electron chi connectivity index (χ0n) is 20.7. The number of amides is 1. The van der Waals surface area contributed by atoms with Gasteiger partial charge in [-0.05, 0) is 94.4 Å². The van der Waals surface area contributed by atoms with Crippen LogP contribution in [0.1, 0.15) is 73.5 Å². The third-order valence-corrected chi connectivity index (χ3v) is 6.85. The van der Waals surface area contributed by atoms with Crippen molar-refractivity contribution >= 4 is 34.6 Å². The Hall–Kier alpha value is -3.19. The number of nitrogens with zero attached hydrogens (tertiary/aromatic N) is 3. The maximum Gasteiger partial charge on any atom is 0.224 e. The van der Waals surface area contributed by atoms with Crippen molar-refractivity contribution in [2.24, 2.45) is 0 Å². The van der Waals surface area contributed by atoms with Gasteiger partial charge in [-0.1, -0.05) is 13.0 Å². The van der Waals surface area contributed by atoms with E-state index in [0.29, 0.717) is 17.6 Å². The molecule has 0 radical (unpaired) electrons. The number of aromatic nitrogens is 2. The van der Waals surface area contributed by atoms with Crippen LogP contribution in [0.3, 0.4) is 0 Å². The number of thiocarbonyl (C=S) groups is 1. The molecule has 6 nitrogen and oxygen atoms in total. The Balaban J connectivity index is 1.83. The van der Waals surface area contributed by atoms with Gasteiger partial charge in [0.1, 0.15) is 0 Å². The average molecular weight is 476 g/mol. The molecule has 1 aliphatic rings.